The molecule has 2 heteroatoms. The van der Waals surface area contributed by atoms with Crippen molar-refractivity contribution in [1.82, 2.24) is 0 Å². The average Bonchev–Trinajstić information content (AvgIpc) is 2.51. The highest BCUT2D eigenvalue weighted by molar-refractivity contribution is 5.86. The molecule has 0 saturated heterocycles. The Morgan fingerprint density at radius 1 is 0.500 bits per heavy atom. The van der Waals surface area contributed by atoms with Gasteiger partial charge in [-0.3, -0.25) is 9.98 Å². The van der Waals surface area contributed by atoms with Gasteiger partial charge in [-0.1, -0.05) is 25.7 Å². The normalized spacial score (nSPS) is 32.0. The van der Waals surface area contributed by atoms with E-state index in [2.05, 4.69) is 0 Å². The molecule has 3 aliphatic rings. The zero-order chi connectivity index (χ0) is 13.6. The van der Waals surface area contributed by atoms with E-state index in [1.807, 2.05) is 0 Å². The van der Waals surface area contributed by atoms with Crippen molar-refractivity contribution in [3.63, 3.8) is 0 Å². The van der Waals surface area contributed by atoms with Crippen molar-refractivity contribution in [2.75, 3.05) is 0 Å². The fourth-order valence-corrected chi connectivity index (χ4v) is 4.04. The quantitative estimate of drug-likeness (QED) is 0.668. The molecule has 0 spiro atoms. The number of rotatable bonds is 2. The van der Waals surface area contributed by atoms with Gasteiger partial charge in [-0.25, -0.2) is 0 Å². The van der Waals surface area contributed by atoms with E-state index in [4.69, 9.17) is 9.98 Å². The van der Waals surface area contributed by atoms with E-state index in [-0.39, 0.29) is 0 Å². The van der Waals surface area contributed by atoms with Crippen LogP contribution in [0.4, 0.5) is 0 Å². The van der Waals surface area contributed by atoms with Gasteiger partial charge < -0.3 is 0 Å². The minimum absolute atomic E-state index is 0.520. The second-order valence-electron chi connectivity index (χ2n) is 6.93. The summed E-state index contributed by atoms with van der Waals surface area (Å²) in [4.78, 5) is 10.3. The SMILES string of the molecule is C1CCC(=NC2CCCCC2N=C2CCCCC2)CC1. The third-order valence-corrected chi connectivity index (χ3v) is 5.25. The largest absolute Gasteiger partial charge is 0.289 e. The van der Waals surface area contributed by atoms with Crippen molar-refractivity contribution in [2.45, 2.75) is 102 Å². The van der Waals surface area contributed by atoms with Crippen molar-refractivity contribution < 1.29 is 0 Å². The summed E-state index contributed by atoms with van der Waals surface area (Å²) in [6.45, 7) is 0. The van der Waals surface area contributed by atoms with Crippen LogP contribution in [-0.4, -0.2) is 23.5 Å². The first-order chi connectivity index (χ1) is 9.92. The van der Waals surface area contributed by atoms with Crippen molar-refractivity contribution >= 4 is 11.4 Å². The molecule has 2 nitrogen and oxygen atoms in total. The van der Waals surface area contributed by atoms with Crippen LogP contribution in [0.3, 0.4) is 0 Å². The van der Waals surface area contributed by atoms with Crippen molar-refractivity contribution in [1.29, 1.82) is 0 Å². The standard InChI is InChI=1S/C18H30N2/c1-3-9-15(10-4-1)19-17-13-7-8-14-18(17)20-16-11-5-2-6-12-16/h17-18H,1-14H2. The van der Waals surface area contributed by atoms with Crippen LogP contribution in [0.15, 0.2) is 9.98 Å². The maximum absolute atomic E-state index is 5.15. The van der Waals surface area contributed by atoms with Gasteiger partial charge in [-0.2, -0.15) is 0 Å². The van der Waals surface area contributed by atoms with Crippen LogP contribution in [0.5, 0.6) is 0 Å². The second-order valence-corrected chi connectivity index (χ2v) is 6.93. The summed E-state index contributed by atoms with van der Waals surface area (Å²) < 4.78 is 0. The van der Waals surface area contributed by atoms with Crippen molar-refractivity contribution in [3.05, 3.63) is 0 Å². The zero-order valence-electron chi connectivity index (χ0n) is 12.9. The van der Waals surface area contributed by atoms with Crippen LogP contribution in [0.2, 0.25) is 0 Å². The van der Waals surface area contributed by atoms with Gasteiger partial charge in [-0.05, 0) is 64.2 Å². The molecule has 3 fully saturated rings. The summed E-state index contributed by atoms with van der Waals surface area (Å²) in [6, 6.07) is 1.04. The van der Waals surface area contributed by atoms with Gasteiger partial charge in [0.1, 0.15) is 0 Å². The fourth-order valence-electron chi connectivity index (χ4n) is 4.04. The predicted octanol–water partition coefficient (Wildman–Crippen LogP) is 5.11. The first-order valence-corrected chi connectivity index (χ1v) is 9.03. The molecular weight excluding hydrogens is 244 g/mol. The minimum Gasteiger partial charge on any atom is -0.289 e. The average molecular weight is 274 g/mol. The van der Waals surface area contributed by atoms with Crippen LogP contribution in [-0.2, 0) is 0 Å². The maximum Gasteiger partial charge on any atom is 0.0722 e. The van der Waals surface area contributed by atoms with Gasteiger partial charge in [0.05, 0.1) is 12.1 Å². The molecule has 0 aliphatic heterocycles. The Bertz CT molecular complexity index is 318. The Balaban J connectivity index is 1.66. The molecule has 3 rings (SSSR count). The molecular formula is C18H30N2. The lowest BCUT2D eigenvalue weighted by Gasteiger charge is -2.29. The molecule has 0 N–H and O–H groups in total. The van der Waals surface area contributed by atoms with E-state index in [1.165, 1.54) is 101 Å². The first kappa shape index (κ1) is 14.3. The Kier molecular flexibility index (Phi) is 5.27. The highest BCUT2D eigenvalue weighted by atomic mass is 14.9. The molecule has 0 radical (unpaired) electrons. The summed E-state index contributed by atoms with van der Waals surface area (Å²) >= 11 is 0. The number of hydrogen-bond donors (Lipinski definition) is 0. The van der Waals surface area contributed by atoms with Gasteiger partial charge in [0.15, 0.2) is 0 Å². The second kappa shape index (κ2) is 7.38. The fraction of sp³-hybridized carbons (Fsp3) is 0.889. The van der Waals surface area contributed by atoms with E-state index in [9.17, 15) is 0 Å². The maximum atomic E-state index is 5.15. The zero-order valence-corrected chi connectivity index (χ0v) is 12.9. The smallest absolute Gasteiger partial charge is 0.0722 e. The van der Waals surface area contributed by atoms with Gasteiger partial charge in [0, 0.05) is 11.4 Å². The van der Waals surface area contributed by atoms with E-state index in [0.717, 1.165) is 0 Å². The number of nitrogens with zero attached hydrogens (tertiary/aromatic N) is 2. The van der Waals surface area contributed by atoms with Crippen LogP contribution >= 0.6 is 0 Å². The van der Waals surface area contributed by atoms with Crippen molar-refractivity contribution in [2.24, 2.45) is 9.98 Å². The summed E-state index contributed by atoms with van der Waals surface area (Å²) in [5, 5.41) is 0. The van der Waals surface area contributed by atoms with Crippen LogP contribution in [0.25, 0.3) is 0 Å². The molecule has 0 amide bonds. The Labute approximate surface area is 124 Å². The van der Waals surface area contributed by atoms with Gasteiger partial charge in [0.25, 0.3) is 0 Å². The molecule has 2 unspecified atom stereocenters. The Morgan fingerprint density at radius 2 is 0.900 bits per heavy atom. The molecule has 3 saturated carbocycles. The lowest BCUT2D eigenvalue weighted by molar-refractivity contribution is 0.385. The van der Waals surface area contributed by atoms with Crippen LogP contribution in [0.1, 0.15) is 89.9 Å². The van der Waals surface area contributed by atoms with E-state index < -0.39 is 0 Å². The Hall–Kier alpha value is -0.660. The van der Waals surface area contributed by atoms with Crippen LogP contribution in [0, 0.1) is 0 Å². The molecule has 112 valence electrons. The summed E-state index contributed by atoms with van der Waals surface area (Å²) in [6.07, 6.45) is 18.6. The third-order valence-electron chi connectivity index (χ3n) is 5.25. The monoisotopic (exact) mass is 274 g/mol. The lowest BCUT2D eigenvalue weighted by atomic mass is 9.89. The molecule has 2 atom stereocenters. The van der Waals surface area contributed by atoms with Gasteiger partial charge in [0.2, 0.25) is 0 Å². The van der Waals surface area contributed by atoms with Crippen molar-refractivity contribution in [3.8, 4) is 0 Å². The summed E-state index contributed by atoms with van der Waals surface area (Å²) in [7, 11) is 0. The molecule has 3 aliphatic carbocycles. The lowest BCUT2D eigenvalue weighted by Crippen LogP contribution is -2.29. The first-order valence-electron chi connectivity index (χ1n) is 9.03. The highest BCUT2D eigenvalue weighted by Crippen LogP contribution is 2.27. The minimum atomic E-state index is 0.520. The number of aliphatic imine (C=N–C) groups is 2. The molecule has 0 heterocycles. The van der Waals surface area contributed by atoms with Gasteiger partial charge >= 0.3 is 0 Å². The Morgan fingerprint density at radius 3 is 1.30 bits per heavy atom. The molecule has 0 bridgehead atoms. The molecule has 0 aromatic heterocycles. The number of hydrogen-bond acceptors (Lipinski definition) is 2. The molecule has 0 aromatic rings. The van der Waals surface area contributed by atoms with E-state index >= 15 is 0 Å². The predicted molar refractivity (Wildman–Crippen MR) is 87.1 cm³/mol. The highest BCUT2D eigenvalue weighted by Gasteiger charge is 2.25. The molecule has 0 aromatic carbocycles. The van der Waals surface area contributed by atoms with E-state index in [1.54, 1.807) is 0 Å². The van der Waals surface area contributed by atoms with E-state index in [0.29, 0.717) is 12.1 Å². The summed E-state index contributed by atoms with van der Waals surface area (Å²) in [5.41, 5.74) is 3.02. The van der Waals surface area contributed by atoms with Gasteiger partial charge in [-0.15, -0.1) is 0 Å². The third kappa shape index (κ3) is 3.93. The molecule has 20 heavy (non-hydrogen) atoms. The van der Waals surface area contributed by atoms with Crippen LogP contribution < -0.4 is 0 Å². The summed E-state index contributed by atoms with van der Waals surface area (Å²) in [5.74, 6) is 0. The topological polar surface area (TPSA) is 24.7 Å².